The predicted molar refractivity (Wildman–Crippen MR) is 168 cm³/mol. The Kier molecular flexibility index (Phi) is 9.84. The standard InChI is InChI=1S/C36H46N2O4/c1-24(2)42-35-19-15-31(22-37-35)29-6-5-7-32(21-29)38(36(40)28-12-16-33(39)17-13-28)23-26-8-10-27(11-9-26)30-14-18-34(41-4)25(3)20-30/h5-7,14-15,18-22,24,26-28,33,39H,8-13,16-17,23H2,1-4H3/t26-,27-,28-,33-. The molecule has 0 spiro atoms. The summed E-state index contributed by atoms with van der Waals surface area (Å²) in [5.41, 5.74) is 5.55. The summed E-state index contributed by atoms with van der Waals surface area (Å²) in [4.78, 5) is 20.6. The second-order valence-electron chi connectivity index (χ2n) is 12.5. The van der Waals surface area contributed by atoms with Crippen molar-refractivity contribution in [2.24, 2.45) is 11.8 Å². The van der Waals surface area contributed by atoms with Crippen LogP contribution in [0.1, 0.15) is 82.3 Å². The molecule has 1 amide bonds. The first-order valence-corrected chi connectivity index (χ1v) is 15.7. The van der Waals surface area contributed by atoms with Gasteiger partial charge in [0.25, 0.3) is 0 Å². The van der Waals surface area contributed by atoms with Crippen LogP contribution in [0.25, 0.3) is 11.1 Å². The molecule has 1 heterocycles. The van der Waals surface area contributed by atoms with Gasteiger partial charge in [0, 0.05) is 36.0 Å². The smallest absolute Gasteiger partial charge is 0.230 e. The van der Waals surface area contributed by atoms with Crippen molar-refractivity contribution in [3.05, 3.63) is 71.9 Å². The van der Waals surface area contributed by atoms with E-state index >= 15 is 0 Å². The van der Waals surface area contributed by atoms with Gasteiger partial charge in [0.2, 0.25) is 11.8 Å². The summed E-state index contributed by atoms with van der Waals surface area (Å²) in [6.45, 7) is 6.82. The van der Waals surface area contributed by atoms with E-state index in [2.05, 4.69) is 53.2 Å². The van der Waals surface area contributed by atoms with Crippen LogP contribution >= 0.6 is 0 Å². The summed E-state index contributed by atoms with van der Waals surface area (Å²) < 4.78 is 11.2. The lowest BCUT2D eigenvalue weighted by atomic mass is 9.78. The van der Waals surface area contributed by atoms with E-state index in [1.54, 1.807) is 7.11 Å². The van der Waals surface area contributed by atoms with Gasteiger partial charge in [0.15, 0.2) is 0 Å². The zero-order valence-electron chi connectivity index (χ0n) is 25.6. The Balaban J connectivity index is 1.33. The SMILES string of the molecule is COc1ccc([C@H]2CC[C@H](CN(c3cccc(-c4ccc(OC(C)C)nc4)c3)C(=O)[C@H]3CC[C@H](O)CC3)CC2)cc1C. The van der Waals surface area contributed by atoms with E-state index in [9.17, 15) is 9.90 Å². The maximum Gasteiger partial charge on any atom is 0.230 e. The lowest BCUT2D eigenvalue weighted by Gasteiger charge is -2.36. The van der Waals surface area contributed by atoms with Crippen molar-refractivity contribution in [1.82, 2.24) is 4.98 Å². The van der Waals surface area contributed by atoms with E-state index < -0.39 is 0 Å². The van der Waals surface area contributed by atoms with Gasteiger partial charge < -0.3 is 19.5 Å². The van der Waals surface area contributed by atoms with Crippen molar-refractivity contribution in [3.8, 4) is 22.8 Å². The number of carbonyl (C=O) groups excluding carboxylic acids is 1. The van der Waals surface area contributed by atoms with E-state index in [1.165, 1.54) is 11.1 Å². The Morgan fingerprint density at radius 2 is 1.71 bits per heavy atom. The van der Waals surface area contributed by atoms with Crippen LogP contribution in [-0.4, -0.2) is 41.9 Å². The topological polar surface area (TPSA) is 71.9 Å². The Bertz CT molecular complexity index is 1320. The number of rotatable bonds is 9. The maximum atomic E-state index is 14.1. The number of aliphatic hydroxyl groups is 1. The average Bonchev–Trinajstić information content (AvgIpc) is 3.00. The summed E-state index contributed by atoms with van der Waals surface area (Å²) in [5.74, 6) is 2.72. The molecule has 0 bridgehead atoms. The molecule has 2 fully saturated rings. The van der Waals surface area contributed by atoms with Crippen molar-refractivity contribution in [2.45, 2.75) is 90.3 Å². The number of carbonyl (C=O) groups is 1. The lowest BCUT2D eigenvalue weighted by Crippen LogP contribution is -2.41. The minimum Gasteiger partial charge on any atom is -0.496 e. The molecular weight excluding hydrogens is 524 g/mol. The molecule has 1 N–H and O–H groups in total. The molecule has 42 heavy (non-hydrogen) atoms. The van der Waals surface area contributed by atoms with Crippen LogP contribution in [0.5, 0.6) is 11.6 Å². The molecule has 0 atom stereocenters. The van der Waals surface area contributed by atoms with Gasteiger partial charge in [-0.05, 0) is 125 Å². The molecule has 0 aliphatic heterocycles. The van der Waals surface area contributed by atoms with Gasteiger partial charge >= 0.3 is 0 Å². The molecule has 2 aromatic carbocycles. The molecule has 2 saturated carbocycles. The number of ether oxygens (including phenoxy) is 2. The zero-order valence-corrected chi connectivity index (χ0v) is 25.6. The molecule has 3 aromatic rings. The maximum absolute atomic E-state index is 14.1. The number of pyridine rings is 1. The summed E-state index contributed by atoms with van der Waals surface area (Å²) in [6, 6.07) is 18.8. The van der Waals surface area contributed by atoms with E-state index in [4.69, 9.17) is 9.47 Å². The third-order valence-electron chi connectivity index (χ3n) is 9.07. The van der Waals surface area contributed by atoms with E-state index in [-0.39, 0.29) is 24.0 Å². The normalized spacial score (nSPS) is 22.5. The molecule has 2 aliphatic carbocycles. The summed E-state index contributed by atoms with van der Waals surface area (Å²) in [5, 5.41) is 10.1. The first kappa shape index (κ1) is 30.1. The number of methoxy groups -OCH3 is 1. The highest BCUT2D eigenvalue weighted by Crippen LogP contribution is 2.39. The largest absolute Gasteiger partial charge is 0.496 e. The fraction of sp³-hybridized carbons (Fsp3) is 0.500. The third-order valence-corrected chi connectivity index (χ3v) is 9.07. The Morgan fingerprint density at radius 1 is 0.952 bits per heavy atom. The molecule has 0 saturated heterocycles. The number of nitrogens with zero attached hydrogens (tertiary/aromatic N) is 2. The second kappa shape index (κ2) is 13.7. The van der Waals surface area contributed by atoms with Crippen LogP contribution in [0.15, 0.2) is 60.8 Å². The monoisotopic (exact) mass is 570 g/mol. The van der Waals surface area contributed by atoms with Crippen molar-refractivity contribution in [2.75, 3.05) is 18.6 Å². The highest BCUT2D eigenvalue weighted by atomic mass is 16.5. The number of aryl methyl sites for hydroxylation is 1. The van der Waals surface area contributed by atoms with Gasteiger partial charge in [-0.3, -0.25) is 4.79 Å². The van der Waals surface area contributed by atoms with Gasteiger partial charge in [0.05, 0.1) is 19.3 Å². The third kappa shape index (κ3) is 7.33. The van der Waals surface area contributed by atoms with Gasteiger partial charge in [-0.2, -0.15) is 0 Å². The Morgan fingerprint density at radius 3 is 2.36 bits per heavy atom. The highest BCUT2D eigenvalue weighted by Gasteiger charge is 2.32. The van der Waals surface area contributed by atoms with Gasteiger partial charge in [-0.25, -0.2) is 4.98 Å². The molecular formula is C36H46N2O4. The predicted octanol–water partition coefficient (Wildman–Crippen LogP) is 7.71. The summed E-state index contributed by atoms with van der Waals surface area (Å²) >= 11 is 0. The highest BCUT2D eigenvalue weighted by molar-refractivity contribution is 5.95. The number of anilines is 1. The Labute approximate surface area is 251 Å². The fourth-order valence-electron chi connectivity index (χ4n) is 6.67. The van der Waals surface area contributed by atoms with Gasteiger partial charge in [0.1, 0.15) is 5.75 Å². The van der Waals surface area contributed by atoms with E-state index in [1.807, 2.05) is 38.2 Å². The van der Waals surface area contributed by atoms with Crippen LogP contribution in [-0.2, 0) is 4.79 Å². The van der Waals surface area contributed by atoms with Crippen LogP contribution in [0.3, 0.4) is 0 Å². The first-order valence-electron chi connectivity index (χ1n) is 15.7. The van der Waals surface area contributed by atoms with Gasteiger partial charge in [-0.1, -0.05) is 24.3 Å². The minimum absolute atomic E-state index is 0.0372. The number of amides is 1. The second-order valence-corrected chi connectivity index (χ2v) is 12.5. The summed E-state index contributed by atoms with van der Waals surface area (Å²) in [6.07, 6.45) is 9.00. The molecule has 1 aromatic heterocycles. The Hall–Kier alpha value is -3.38. The number of aromatic nitrogens is 1. The van der Waals surface area contributed by atoms with Crippen LogP contribution in [0.2, 0.25) is 0 Å². The molecule has 6 heteroatoms. The molecule has 0 unspecified atom stereocenters. The van der Waals surface area contributed by atoms with Gasteiger partial charge in [-0.15, -0.1) is 0 Å². The average molecular weight is 571 g/mol. The van der Waals surface area contributed by atoms with Crippen LogP contribution in [0.4, 0.5) is 5.69 Å². The van der Waals surface area contributed by atoms with Crippen molar-refractivity contribution in [3.63, 3.8) is 0 Å². The van der Waals surface area contributed by atoms with Crippen molar-refractivity contribution in [1.29, 1.82) is 0 Å². The van der Waals surface area contributed by atoms with Crippen LogP contribution in [0, 0.1) is 18.8 Å². The lowest BCUT2D eigenvalue weighted by molar-refractivity contribution is -0.124. The summed E-state index contributed by atoms with van der Waals surface area (Å²) in [7, 11) is 1.72. The minimum atomic E-state index is -0.280. The molecule has 0 radical (unpaired) electrons. The zero-order chi connectivity index (χ0) is 29.6. The molecule has 224 valence electrons. The number of hydrogen-bond acceptors (Lipinski definition) is 5. The quantitative estimate of drug-likeness (QED) is 0.285. The van der Waals surface area contributed by atoms with E-state index in [0.717, 1.165) is 67.6 Å². The first-order chi connectivity index (χ1) is 20.3. The van der Waals surface area contributed by atoms with Crippen molar-refractivity contribution >= 4 is 11.6 Å². The van der Waals surface area contributed by atoms with E-state index in [0.29, 0.717) is 30.6 Å². The number of hydrogen-bond donors (Lipinski definition) is 1. The number of benzene rings is 2. The molecule has 5 rings (SSSR count). The fourth-order valence-corrected chi connectivity index (χ4v) is 6.67. The molecule has 2 aliphatic rings. The van der Waals surface area contributed by atoms with Crippen molar-refractivity contribution < 1.29 is 19.4 Å². The number of aliphatic hydroxyl groups excluding tert-OH is 1. The molecule has 6 nitrogen and oxygen atoms in total. The van der Waals surface area contributed by atoms with Crippen LogP contribution < -0.4 is 14.4 Å².